The molecule has 17 heavy (non-hydrogen) atoms. The first-order valence-corrected chi connectivity index (χ1v) is 6.82. The van der Waals surface area contributed by atoms with E-state index in [2.05, 4.69) is 10.6 Å². The fourth-order valence-electron chi connectivity index (χ4n) is 1.64. The van der Waals surface area contributed by atoms with Gasteiger partial charge >= 0.3 is 0 Å². The number of benzene rings is 1. The van der Waals surface area contributed by atoms with Gasteiger partial charge in [-0.15, -0.1) is 6.42 Å². The molecule has 90 valence electrons. The van der Waals surface area contributed by atoms with Crippen molar-refractivity contribution in [2.24, 2.45) is 0 Å². The summed E-state index contributed by atoms with van der Waals surface area (Å²) in [6.45, 7) is 0.763. The van der Waals surface area contributed by atoms with Crippen molar-refractivity contribution < 1.29 is 13.2 Å². The zero-order valence-corrected chi connectivity index (χ0v) is 10.0. The second-order valence-electron chi connectivity index (χ2n) is 3.85. The van der Waals surface area contributed by atoms with Crippen molar-refractivity contribution >= 4 is 15.7 Å². The summed E-state index contributed by atoms with van der Waals surface area (Å²) in [5.41, 5.74) is 1.24. The Labute approximate surface area is 101 Å². The van der Waals surface area contributed by atoms with Crippen LogP contribution in [0.25, 0.3) is 0 Å². The van der Waals surface area contributed by atoms with Gasteiger partial charge in [-0.05, 0) is 30.7 Å². The van der Waals surface area contributed by atoms with E-state index < -0.39 is 15.3 Å². The molecule has 0 amide bonds. The van der Waals surface area contributed by atoms with Crippen molar-refractivity contribution in [3.63, 3.8) is 0 Å². The maximum absolute atomic E-state index is 11.9. The first-order chi connectivity index (χ1) is 8.12. The molecule has 1 fully saturated rings. The van der Waals surface area contributed by atoms with Gasteiger partial charge in [0.25, 0.3) is 0 Å². The van der Waals surface area contributed by atoms with Crippen LogP contribution in [0.5, 0.6) is 0 Å². The molecule has 5 heteroatoms. The van der Waals surface area contributed by atoms with E-state index >= 15 is 0 Å². The van der Waals surface area contributed by atoms with Crippen molar-refractivity contribution in [3.8, 4) is 12.3 Å². The summed E-state index contributed by atoms with van der Waals surface area (Å²) in [7, 11) is -3.36. The van der Waals surface area contributed by atoms with Crippen LogP contribution in [0.2, 0.25) is 0 Å². The minimum atomic E-state index is -3.36. The number of nitrogens with one attached hydrogen (secondary N) is 1. The molecule has 0 aromatic heterocycles. The van der Waals surface area contributed by atoms with Gasteiger partial charge in [0, 0.05) is 17.9 Å². The van der Waals surface area contributed by atoms with Crippen LogP contribution in [0, 0.1) is 12.3 Å². The van der Waals surface area contributed by atoms with Crippen LogP contribution in [0.1, 0.15) is 12.0 Å². The second kappa shape index (κ2) is 4.78. The predicted octanol–water partition coefficient (Wildman–Crippen LogP) is 1.20. The molecule has 0 aliphatic carbocycles. The fourth-order valence-corrected chi connectivity index (χ4v) is 2.95. The lowest BCUT2D eigenvalue weighted by Gasteiger charge is -2.12. The van der Waals surface area contributed by atoms with E-state index in [-0.39, 0.29) is 6.61 Å². The zero-order valence-electron chi connectivity index (χ0n) is 9.22. The molecular formula is C12H13NO3S. The minimum Gasteiger partial charge on any atom is -0.380 e. The highest BCUT2D eigenvalue weighted by atomic mass is 32.2. The van der Waals surface area contributed by atoms with Gasteiger partial charge in [-0.1, -0.05) is 5.92 Å². The van der Waals surface area contributed by atoms with E-state index in [1.54, 1.807) is 24.3 Å². The Hall–Kier alpha value is -1.51. The first-order valence-electron chi connectivity index (χ1n) is 5.28. The van der Waals surface area contributed by atoms with E-state index in [9.17, 15) is 8.42 Å². The highest BCUT2D eigenvalue weighted by molar-refractivity contribution is 7.93. The van der Waals surface area contributed by atoms with Crippen LogP contribution in [-0.4, -0.2) is 26.9 Å². The number of hydrogen-bond acceptors (Lipinski definition) is 3. The fraction of sp³-hybridized carbons (Fsp3) is 0.333. The molecule has 1 aliphatic rings. The summed E-state index contributed by atoms with van der Waals surface area (Å²) in [5, 5.41) is -0.463. The molecule has 0 bridgehead atoms. The van der Waals surface area contributed by atoms with Gasteiger partial charge < -0.3 is 4.74 Å². The molecule has 1 heterocycles. The summed E-state index contributed by atoms with van der Waals surface area (Å²) in [4.78, 5) is 0. The van der Waals surface area contributed by atoms with Crippen LogP contribution in [0.4, 0.5) is 5.69 Å². The second-order valence-corrected chi connectivity index (χ2v) is 5.82. The number of anilines is 1. The molecule has 0 spiro atoms. The quantitative estimate of drug-likeness (QED) is 0.821. The van der Waals surface area contributed by atoms with Gasteiger partial charge in [-0.2, -0.15) is 0 Å². The third-order valence-corrected chi connectivity index (χ3v) is 4.41. The van der Waals surface area contributed by atoms with Gasteiger partial charge in [0.05, 0.1) is 6.61 Å². The Morgan fingerprint density at radius 3 is 2.59 bits per heavy atom. The average Bonchev–Trinajstić information content (AvgIpc) is 2.84. The van der Waals surface area contributed by atoms with Crippen LogP contribution in [-0.2, 0) is 14.8 Å². The summed E-state index contributed by atoms with van der Waals surface area (Å²) in [6, 6.07) is 6.71. The highest BCUT2D eigenvalue weighted by Gasteiger charge is 2.29. The molecule has 1 aromatic rings. The zero-order chi connectivity index (χ0) is 12.3. The molecule has 1 atom stereocenters. The Balaban J connectivity index is 2.11. The van der Waals surface area contributed by atoms with Gasteiger partial charge in [0.15, 0.2) is 0 Å². The molecule has 1 N–H and O–H groups in total. The largest absolute Gasteiger partial charge is 0.380 e. The van der Waals surface area contributed by atoms with Crippen molar-refractivity contribution in [1.82, 2.24) is 0 Å². The van der Waals surface area contributed by atoms with Crippen LogP contribution in [0.15, 0.2) is 24.3 Å². The van der Waals surface area contributed by atoms with Gasteiger partial charge in [-0.3, -0.25) is 4.72 Å². The summed E-state index contributed by atoms with van der Waals surface area (Å²) < 4.78 is 31.5. The van der Waals surface area contributed by atoms with Gasteiger partial charge in [-0.25, -0.2) is 8.42 Å². The molecule has 1 unspecified atom stereocenters. The first kappa shape index (κ1) is 12.0. The SMILES string of the molecule is C#Cc1ccc(NS(=O)(=O)C2CCOC2)cc1. The van der Waals surface area contributed by atoms with E-state index in [0.29, 0.717) is 18.7 Å². The molecular weight excluding hydrogens is 238 g/mol. The van der Waals surface area contributed by atoms with E-state index in [1.165, 1.54) is 0 Å². The van der Waals surface area contributed by atoms with Crippen LogP contribution in [0.3, 0.4) is 0 Å². The molecule has 0 radical (unpaired) electrons. The normalized spacial score (nSPS) is 19.8. The molecule has 4 nitrogen and oxygen atoms in total. The Morgan fingerprint density at radius 2 is 2.06 bits per heavy atom. The summed E-state index contributed by atoms with van der Waals surface area (Å²) >= 11 is 0. The standard InChI is InChI=1S/C12H13NO3S/c1-2-10-3-5-11(6-4-10)13-17(14,15)12-7-8-16-9-12/h1,3-6,12-13H,7-9H2. The van der Waals surface area contributed by atoms with Gasteiger partial charge in [0.1, 0.15) is 5.25 Å². The molecule has 1 aromatic carbocycles. The average molecular weight is 251 g/mol. The maximum atomic E-state index is 11.9. The minimum absolute atomic E-state index is 0.262. The number of hydrogen-bond donors (Lipinski definition) is 1. The lowest BCUT2D eigenvalue weighted by molar-refractivity contribution is 0.198. The van der Waals surface area contributed by atoms with Crippen molar-refractivity contribution in [3.05, 3.63) is 29.8 Å². The van der Waals surface area contributed by atoms with Crippen molar-refractivity contribution in [2.45, 2.75) is 11.7 Å². The maximum Gasteiger partial charge on any atom is 0.237 e. The lowest BCUT2D eigenvalue weighted by atomic mass is 10.2. The van der Waals surface area contributed by atoms with E-state index in [4.69, 9.17) is 11.2 Å². The molecule has 1 aliphatic heterocycles. The van der Waals surface area contributed by atoms with Crippen LogP contribution >= 0.6 is 0 Å². The van der Waals surface area contributed by atoms with E-state index in [0.717, 1.165) is 5.56 Å². The Bertz CT molecular complexity index is 522. The molecule has 1 saturated heterocycles. The Morgan fingerprint density at radius 1 is 1.35 bits per heavy atom. The predicted molar refractivity (Wildman–Crippen MR) is 66.1 cm³/mol. The summed E-state index contributed by atoms with van der Waals surface area (Å²) in [6.07, 6.45) is 5.76. The number of terminal acetylenes is 1. The highest BCUT2D eigenvalue weighted by Crippen LogP contribution is 2.18. The molecule has 2 rings (SSSR count). The topological polar surface area (TPSA) is 55.4 Å². The number of rotatable bonds is 3. The van der Waals surface area contributed by atoms with Crippen molar-refractivity contribution in [1.29, 1.82) is 0 Å². The lowest BCUT2D eigenvalue weighted by Crippen LogP contribution is -2.27. The van der Waals surface area contributed by atoms with Crippen molar-refractivity contribution in [2.75, 3.05) is 17.9 Å². The number of sulfonamides is 1. The number of ether oxygens (including phenoxy) is 1. The summed E-state index contributed by atoms with van der Waals surface area (Å²) in [5.74, 6) is 2.47. The monoisotopic (exact) mass is 251 g/mol. The molecule has 0 saturated carbocycles. The van der Waals surface area contributed by atoms with Gasteiger partial charge in [0.2, 0.25) is 10.0 Å². The smallest absolute Gasteiger partial charge is 0.237 e. The third kappa shape index (κ3) is 2.78. The third-order valence-electron chi connectivity index (χ3n) is 2.64. The van der Waals surface area contributed by atoms with E-state index in [1.807, 2.05) is 0 Å². The van der Waals surface area contributed by atoms with Crippen LogP contribution < -0.4 is 4.72 Å². The Kier molecular flexibility index (Phi) is 3.36.